The smallest absolute Gasteiger partial charge is 0.195 e. The number of aromatic nitrogens is 4. The first-order valence-corrected chi connectivity index (χ1v) is 7.36. The van der Waals surface area contributed by atoms with Crippen LogP contribution in [-0.2, 0) is 26.6 Å². The highest BCUT2D eigenvalue weighted by Gasteiger charge is 2.20. The van der Waals surface area contributed by atoms with Crippen molar-refractivity contribution in [2.75, 3.05) is 6.54 Å². The topological polar surface area (TPSA) is 60.0 Å². The van der Waals surface area contributed by atoms with Crippen LogP contribution in [0.25, 0.3) is 11.6 Å². The SMILES string of the molecule is Cn1cncc1CN1CCc2nc(-c3ccco3)ncc2C1. The molecule has 0 bridgehead atoms. The summed E-state index contributed by atoms with van der Waals surface area (Å²) in [4.78, 5) is 15.7. The molecule has 6 heteroatoms. The highest BCUT2D eigenvalue weighted by atomic mass is 16.3. The van der Waals surface area contributed by atoms with Crippen LogP contribution in [0.4, 0.5) is 0 Å². The Labute approximate surface area is 128 Å². The molecule has 4 heterocycles. The van der Waals surface area contributed by atoms with Gasteiger partial charge in [0.05, 0.1) is 24.0 Å². The maximum absolute atomic E-state index is 5.37. The average Bonchev–Trinajstić information content (AvgIpc) is 3.19. The van der Waals surface area contributed by atoms with Crippen molar-refractivity contribution in [3.05, 3.63) is 54.1 Å². The number of fused-ring (bicyclic) bond motifs is 1. The van der Waals surface area contributed by atoms with Crippen molar-refractivity contribution in [1.82, 2.24) is 24.4 Å². The van der Waals surface area contributed by atoms with Gasteiger partial charge in [0.15, 0.2) is 11.6 Å². The highest BCUT2D eigenvalue weighted by molar-refractivity contribution is 5.46. The number of hydrogen-bond acceptors (Lipinski definition) is 5. The summed E-state index contributed by atoms with van der Waals surface area (Å²) in [5.41, 5.74) is 3.54. The van der Waals surface area contributed by atoms with Gasteiger partial charge in [0, 0.05) is 51.1 Å². The molecule has 3 aromatic heterocycles. The molecule has 0 aromatic carbocycles. The predicted octanol–water partition coefficient (Wildman–Crippen LogP) is 2.03. The fraction of sp³-hybridized carbons (Fsp3) is 0.312. The Morgan fingerprint density at radius 3 is 3.05 bits per heavy atom. The van der Waals surface area contributed by atoms with Gasteiger partial charge in [-0.1, -0.05) is 0 Å². The Bertz CT molecular complexity index is 778. The summed E-state index contributed by atoms with van der Waals surface area (Å²) in [6.45, 7) is 2.77. The summed E-state index contributed by atoms with van der Waals surface area (Å²) in [5.74, 6) is 1.39. The largest absolute Gasteiger partial charge is 0.461 e. The van der Waals surface area contributed by atoms with E-state index >= 15 is 0 Å². The lowest BCUT2D eigenvalue weighted by Gasteiger charge is -2.27. The van der Waals surface area contributed by atoms with Gasteiger partial charge < -0.3 is 8.98 Å². The molecule has 1 aliphatic heterocycles. The normalized spacial score (nSPS) is 15.0. The van der Waals surface area contributed by atoms with E-state index in [1.54, 1.807) is 6.26 Å². The molecule has 0 amide bonds. The third kappa shape index (κ3) is 2.42. The standard InChI is InChI=1S/C16H17N5O/c1-20-11-17-8-13(20)10-21-5-4-14-12(9-21)7-18-16(19-14)15-3-2-6-22-15/h2-3,6-8,11H,4-5,9-10H2,1H3. The van der Waals surface area contributed by atoms with Crippen LogP contribution in [0.5, 0.6) is 0 Å². The van der Waals surface area contributed by atoms with E-state index in [0.717, 1.165) is 37.5 Å². The van der Waals surface area contributed by atoms with Gasteiger partial charge in [0.1, 0.15) is 0 Å². The molecular weight excluding hydrogens is 278 g/mol. The second kappa shape index (κ2) is 5.38. The van der Waals surface area contributed by atoms with Gasteiger partial charge in [-0.05, 0) is 12.1 Å². The van der Waals surface area contributed by atoms with E-state index in [-0.39, 0.29) is 0 Å². The summed E-state index contributed by atoms with van der Waals surface area (Å²) in [5, 5.41) is 0. The third-order valence-corrected chi connectivity index (χ3v) is 4.06. The summed E-state index contributed by atoms with van der Waals surface area (Å²) in [6.07, 6.45) is 8.27. The van der Waals surface area contributed by atoms with Crippen molar-refractivity contribution >= 4 is 0 Å². The lowest BCUT2D eigenvalue weighted by molar-refractivity contribution is 0.238. The van der Waals surface area contributed by atoms with Gasteiger partial charge >= 0.3 is 0 Å². The average molecular weight is 295 g/mol. The first kappa shape index (κ1) is 13.2. The first-order valence-electron chi connectivity index (χ1n) is 7.36. The summed E-state index contributed by atoms with van der Waals surface area (Å²) in [7, 11) is 2.03. The van der Waals surface area contributed by atoms with Crippen LogP contribution in [-0.4, -0.2) is 31.0 Å². The monoisotopic (exact) mass is 295 g/mol. The molecule has 0 unspecified atom stereocenters. The highest BCUT2D eigenvalue weighted by Crippen LogP contribution is 2.22. The van der Waals surface area contributed by atoms with Crippen LogP contribution >= 0.6 is 0 Å². The van der Waals surface area contributed by atoms with Crippen molar-refractivity contribution in [3.8, 4) is 11.6 Å². The van der Waals surface area contributed by atoms with Crippen LogP contribution in [0, 0.1) is 0 Å². The molecule has 0 saturated carbocycles. The van der Waals surface area contributed by atoms with Crippen molar-refractivity contribution in [3.63, 3.8) is 0 Å². The van der Waals surface area contributed by atoms with Crippen molar-refractivity contribution in [2.45, 2.75) is 19.5 Å². The Balaban J connectivity index is 1.53. The maximum atomic E-state index is 5.37. The molecule has 0 atom stereocenters. The fourth-order valence-corrected chi connectivity index (χ4v) is 2.80. The molecule has 0 fully saturated rings. The summed E-state index contributed by atoms with van der Waals surface area (Å²) < 4.78 is 7.43. The molecule has 22 heavy (non-hydrogen) atoms. The number of nitrogens with zero attached hydrogens (tertiary/aromatic N) is 5. The second-order valence-electron chi connectivity index (χ2n) is 5.60. The lowest BCUT2D eigenvalue weighted by atomic mass is 10.1. The third-order valence-electron chi connectivity index (χ3n) is 4.06. The second-order valence-corrected chi connectivity index (χ2v) is 5.60. The lowest BCUT2D eigenvalue weighted by Crippen LogP contribution is -2.31. The molecule has 0 saturated heterocycles. The van der Waals surface area contributed by atoms with Gasteiger partial charge in [0.25, 0.3) is 0 Å². The first-order chi connectivity index (χ1) is 10.8. The summed E-state index contributed by atoms with van der Waals surface area (Å²) >= 11 is 0. The molecule has 1 aliphatic rings. The van der Waals surface area contributed by atoms with E-state index in [9.17, 15) is 0 Å². The zero-order chi connectivity index (χ0) is 14.9. The molecular formula is C16H17N5O. The molecule has 6 nitrogen and oxygen atoms in total. The zero-order valence-electron chi connectivity index (χ0n) is 12.4. The van der Waals surface area contributed by atoms with E-state index in [2.05, 4.69) is 24.4 Å². The van der Waals surface area contributed by atoms with E-state index in [1.807, 2.05) is 37.9 Å². The number of imidazole rings is 1. The van der Waals surface area contributed by atoms with Crippen LogP contribution in [0.3, 0.4) is 0 Å². The van der Waals surface area contributed by atoms with Gasteiger partial charge in [-0.15, -0.1) is 0 Å². The van der Waals surface area contributed by atoms with E-state index in [0.29, 0.717) is 5.82 Å². The molecule has 4 rings (SSSR count). The molecule has 0 aliphatic carbocycles. The minimum Gasteiger partial charge on any atom is -0.461 e. The molecule has 0 N–H and O–H groups in total. The predicted molar refractivity (Wildman–Crippen MR) is 80.8 cm³/mol. The van der Waals surface area contributed by atoms with Crippen LogP contribution in [0.15, 0.2) is 41.5 Å². The van der Waals surface area contributed by atoms with Gasteiger partial charge in [-0.25, -0.2) is 15.0 Å². The molecule has 0 spiro atoms. The van der Waals surface area contributed by atoms with Crippen LogP contribution < -0.4 is 0 Å². The van der Waals surface area contributed by atoms with E-state index in [4.69, 9.17) is 4.42 Å². The van der Waals surface area contributed by atoms with Crippen molar-refractivity contribution in [2.24, 2.45) is 7.05 Å². The van der Waals surface area contributed by atoms with Gasteiger partial charge in [-0.3, -0.25) is 4.90 Å². The quantitative estimate of drug-likeness (QED) is 0.740. The summed E-state index contributed by atoms with van der Waals surface area (Å²) in [6, 6.07) is 3.74. The van der Waals surface area contributed by atoms with Crippen LogP contribution in [0.1, 0.15) is 17.0 Å². The fourth-order valence-electron chi connectivity index (χ4n) is 2.80. The molecule has 112 valence electrons. The van der Waals surface area contributed by atoms with Crippen molar-refractivity contribution < 1.29 is 4.42 Å². The number of furan rings is 1. The minimum atomic E-state index is 0.670. The van der Waals surface area contributed by atoms with Crippen molar-refractivity contribution in [1.29, 1.82) is 0 Å². The van der Waals surface area contributed by atoms with E-state index < -0.39 is 0 Å². The Morgan fingerprint density at radius 2 is 2.27 bits per heavy atom. The zero-order valence-corrected chi connectivity index (χ0v) is 12.4. The van der Waals surface area contributed by atoms with Gasteiger partial charge in [0.2, 0.25) is 0 Å². The Morgan fingerprint density at radius 1 is 1.32 bits per heavy atom. The number of aryl methyl sites for hydroxylation is 1. The van der Waals surface area contributed by atoms with Gasteiger partial charge in [-0.2, -0.15) is 0 Å². The Kier molecular flexibility index (Phi) is 3.23. The number of hydrogen-bond donors (Lipinski definition) is 0. The number of rotatable bonds is 3. The molecule has 0 radical (unpaired) electrons. The maximum Gasteiger partial charge on any atom is 0.195 e. The van der Waals surface area contributed by atoms with Crippen LogP contribution in [0.2, 0.25) is 0 Å². The molecule has 3 aromatic rings. The Hall–Kier alpha value is -2.47. The minimum absolute atomic E-state index is 0.670. The van der Waals surface area contributed by atoms with E-state index in [1.165, 1.54) is 11.3 Å².